The molecular formula is C16H30N2O3. The van der Waals surface area contributed by atoms with Gasteiger partial charge in [0.2, 0.25) is 0 Å². The average Bonchev–Trinajstić information content (AvgIpc) is 3.02. The summed E-state index contributed by atoms with van der Waals surface area (Å²) in [4.78, 5) is 14.3. The third-order valence-electron chi connectivity index (χ3n) is 4.51. The van der Waals surface area contributed by atoms with E-state index in [4.69, 9.17) is 9.84 Å². The number of hydrogen-bond donors (Lipinski definition) is 2. The van der Waals surface area contributed by atoms with Gasteiger partial charge in [-0.05, 0) is 52.4 Å². The molecule has 2 rings (SSSR count). The lowest BCUT2D eigenvalue weighted by Crippen LogP contribution is -2.48. The molecule has 2 aliphatic rings. The molecule has 3 unspecified atom stereocenters. The van der Waals surface area contributed by atoms with Crippen LogP contribution in [0.25, 0.3) is 0 Å². The number of aliphatic hydroxyl groups is 1. The van der Waals surface area contributed by atoms with Gasteiger partial charge >= 0.3 is 6.09 Å². The Morgan fingerprint density at radius 1 is 1.29 bits per heavy atom. The summed E-state index contributed by atoms with van der Waals surface area (Å²) in [6.07, 6.45) is 5.47. The van der Waals surface area contributed by atoms with Crippen LogP contribution in [0.15, 0.2) is 0 Å². The Hall–Kier alpha value is -0.810. The molecule has 0 radical (unpaired) electrons. The van der Waals surface area contributed by atoms with Gasteiger partial charge in [-0.15, -0.1) is 0 Å². The highest BCUT2D eigenvalue weighted by Crippen LogP contribution is 2.36. The number of amides is 1. The van der Waals surface area contributed by atoms with Gasteiger partial charge in [0.15, 0.2) is 0 Å². The highest BCUT2D eigenvalue weighted by Gasteiger charge is 2.41. The summed E-state index contributed by atoms with van der Waals surface area (Å²) in [5, 5.41) is 12.4. The SMILES string of the molecule is CC(C)(C)OC(=O)N1CCCC1C1CCCC1NCCO. The number of carbonyl (C=O) groups excluding carboxylic acids is 1. The molecule has 1 aliphatic heterocycles. The fraction of sp³-hybridized carbons (Fsp3) is 0.938. The number of carbonyl (C=O) groups is 1. The minimum Gasteiger partial charge on any atom is -0.444 e. The molecule has 0 bridgehead atoms. The summed E-state index contributed by atoms with van der Waals surface area (Å²) >= 11 is 0. The summed E-state index contributed by atoms with van der Waals surface area (Å²) in [6, 6.07) is 0.712. The van der Waals surface area contributed by atoms with Crippen molar-refractivity contribution in [3.8, 4) is 0 Å². The largest absolute Gasteiger partial charge is 0.444 e. The van der Waals surface area contributed by atoms with Crippen molar-refractivity contribution in [3.63, 3.8) is 0 Å². The van der Waals surface area contributed by atoms with Crippen LogP contribution in [0.5, 0.6) is 0 Å². The van der Waals surface area contributed by atoms with Crippen molar-refractivity contribution < 1.29 is 14.6 Å². The first-order chi connectivity index (χ1) is 9.92. The van der Waals surface area contributed by atoms with Crippen LogP contribution in [0.4, 0.5) is 4.79 Å². The topological polar surface area (TPSA) is 61.8 Å². The monoisotopic (exact) mass is 298 g/mol. The van der Waals surface area contributed by atoms with Crippen molar-refractivity contribution in [2.75, 3.05) is 19.7 Å². The van der Waals surface area contributed by atoms with Crippen LogP contribution in [0, 0.1) is 5.92 Å². The van der Waals surface area contributed by atoms with Gasteiger partial charge in [0.1, 0.15) is 5.60 Å². The predicted octanol–water partition coefficient (Wildman–Crippen LogP) is 2.14. The number of hydrogen-bond acceptors (Lipinski definition) is 4. The molecule has 122 valence electrons. The maximum atomic E-state index is 12.4. The summed E-state index contributed by atoms with van der Waals surface area (Å²) in [7, 11) is 0. The van der Waals surface area contributed by atoms with Crippen LogP contribution in [-0.4, -0.2) is 53.5 Å². The zero-order valence-electron chi connectivity index (χ0n) is 13.6. The number of nitrogens with one attached hydrogen (secondary N) is 1. The van der Waals surface area contributed by atoms with E-state index in [1.165, 1.54) is 6.42 Å². The van der Waals surface area contributed by atoms with Crippen LogP contribution in [0.2, 0.25) is 0 Å². The van der Waals surface area contributed by atoms with Crippen molar-refractivity contribution in [1.29, 1.82) is 0 Å². The summed E-state index contributed by atoms with van der Waals surface area (Å²) in [6.45, 7) is 7.36. The number of aliphatic hydroxyl groups excluding tert-OH is 1. The van der Waals surface area contributed by atoms with Crippen LogP contribution in [-0.2, 0) is 4.74 Å². The fourth-order valence-corrected chi connectivity index (χ4v) is 3.74. The van der Waals surface area contributed by atoms with E-state index in [1.807, 2.05) is 25.7 Å². The van der Waals surface area contributed by atoms with E-state index in [0.717, 1.165) is 32.2 Å². The van der Waals surface area contributed by atoms with Crippen molar-refractivity contribution in [3.05, 3.63) is 0 Å². The Balaban J connectivity index is 1.99. The Kier molecular flexibility index (Phi) is 5.49. The second kappa shape index (κ2) is 6.97. The smallest absolute Gasteiger partial charge is 0.410 e. The van der Waals surface area contributed by atoms with Crippen molar-refractivity contribution in [2.24, 2.45) is 5.92 Å². The lowest BCUT2D eigenvalue weighted by Gasteiger charge is -2.34. The second-order valence-corrected chi connectivity index (χ2v) is 7.26. The van der Waals surface area contributed by atoms with Gasteiger partial charge in [-0.2, -0.15) is 0 Å². The molecule has 21 heavy (non-hydrogen) atoms. The molecule has 5 heteroatoms. The minimum atomic E-state index is -0.436. The van der Waals surface area contributed by atoms with Gasteiger partial charge in [0.05, 0.1) is 6.61 Å². The first-order valence-corrected chi connectivity index (χ1v) is 8.26. The van der Waals surface area contributed by atoms with E-state index in [2.05, 4.69) is 5.32 Å². The maximum Gasteiger partial charge on any atom is 0.410 e. The molecule has 0 aromatic heterocycles. The zero-order chi connectivity index (χ0) is 15.5. The van der Waals surface area contributed by atoms with Gasteiger partial charge in [0, 0.05) is 25.2 Å². The van der Waals surface area contributed by atoms with Gasteiger partial charge in [-0.3, -0.25) is 0 Å². The Bertz CT molecular complexity index is 354. The summed E-state index contributed by atoms with van der Waals surface area (Å²) in [5.74, 6) is 0.492. The van der Waals surface area contributed by atoms with Crippen LogP contribution < -0.4 is 5.32 Å². The molecule has 1 heterocycles. The third kappa shape index (κ3) is 4.33. The van der Waals surface area contributed by atoms with E-state index in [1.54, 1.807) is 0 Å². The van der Waals surface area contributed by atoms with Crippen molar-refractivity contribution >= 4 is 6.09 Å². The molecule has 3 atom stereocenters. The molecule has 1 aliphatic carbocycles. The van der Waals surface area contributed by atoms with Gasteiger partial charge in [-0.25, -0.2) is 4.79 Å². The highest BCUT2D eigenvalue weighted by molar-refractivity contribution is 5.69. The normalized spacial score (nSPS) is 29.9. The van der Waals surface area contributed by atoms with Crippen molar-refractivity contribution in [2.45, 2.75) is 70.6 Å². The second-order valence-electron chi connectivity index (χ2n) is 7.26. The van der Waals surface area contributed by atoms with Gasteiger partial charge in [0.25, 0.3) is 0 Å². The van der Waals surface area contributed by atoms with Crippen LogP contribution in [0.1, 0.15) is 52.9 Å². The first-order valence-electron chi connectivity index (χ1n) is 8.26. The molecule has 5 nitrogen and oxygen atoms in total. The molecule has 1 saturated carbocycles. The molecule has 0 spiro atoms. The van der Waals surface area contributed by atoms with E-state index in [9.17, 15) is 4.79 Å². The van der Waals surface area contributed by atoms with E-state index < -0.39 is 5.60 Å². The van der Waals surface area contributed by atoms with E-state index >= 15 is 0 Å². The van der Waals surface area contributed by atoms with Crippen LogP contribution in [0.3, 0.4) is 0 Å². The predicted molar refractivity (Wildman–Crippen MR) is 82.2 cm³/mol. The number of nitrogens with zero attached hydrogens (tertiary/aromatic N) is 1. The summed E-state index contributed by atoms with van der Waals surface area (Å²) < 4.78 is 5.55. The van der Waals surface area contributed by atoms with E-state index in [-0.39, 0.29) is 12.7 Å². The molecule has 2 N–H and O–H groups in total. The lowest BCUT2D eigenvalue weighted by atomic mass is 9.92. The lowest BCUT2D eigenvalue weighted by molar-refractivity contribution is 0.0166. The van der Waals surface area contributed by atoms with Crippen LogP contribution >= 0.6 is 0 Å². The molecule has 1 saturated heterocycles. The first kappa shape index (κ1) is 16.6. The summed E-state index contributed by atoms with van der Waals surface area (Å²) in [5.41, 5.74) is -0.436. The molecule has 1 amide bonds. The third-order valence-corrected chi connectivity index (χ3v) is 4.51. The molecule has 0 aromatic carbocycles. The average molecular weight is 298 g/mol. The highest BCUT2D eigenvalue weighted by atomic mass is 16.6. The fourth-order valence-electron chi connectivity index (χ4n) is 3.74. The van der Waals surface area contributed by atoms with Crippen molar-refractivity contribution in [1.82, 2.24) is 10.2 Å². The number of likely N-dealkylation sites (tertiary alicyclic amines) is 1. The van der Waals surface area contributed by atoms with E-state index in [0.29, 0.717) is 24.5 Å². The van der Waals surface area contributed by atoms with Gasteiger partial charge < -0.3 is 20.1 Å². The Labute approximate surface area is 128 Å². The zero-order valence-corrected chi connectivity index (χ0v) is 13.6. The minimum absolute atomic E-state index is 0.169. The number of ether oxygens (including phenoxy) is 1. The maximum absolute atomic E-state index is 12.4. The quantitative estimate of drug-likeness (QED) is 0.835. The molecular weight excluding hydrogens is 268 g/mol. The number of rotatable bonds is 4. The van der Waals surface area contributed by atoms with Gasteiger partial charge in [-0.1, -0.05) is 6.42 Å². The molecule has 2 fully saturated rings. The molecule has 0 aromatic rings. The Morgan fingerprint density at radius 3 is 2.71 bits per heavy atom. The standard InChI is InChI=1S/C16H30N2O3/c1-16(2,3)21-15(20)18-10-5-8-14(18)12-6-4-7-13(12)17-9-11-19/h12-14,17,19H,4-11H2,1-3H3. The Morgan fingerprint density at radius 2 is 2.05 bits per heavy atom.